The van der Waals surface area contributed by atoms with Crippen LogP contribution in [0.1, 0.15) is 24.2 Å². The highest BCUT2D eigenvalue weighted by Crippen LogP contribution is 2.08. The lowest BCUT2D eigenvalue weighted by Crippen LogP contribution is -2.42. The Morgan fingerprint density at radius 1 is 1.45 bits per heavy atom. The molecule has 1 aromatic rings. The highest BCUT2D eigenvalue weighted by Gasteiger charge is 2.23. The summed E-state index contributed by atoms with van der Waals surface area (Å²) in [7, 11) is -1.57. The van der Waals surface area contributed by atoms with Gasteiger partial charge in [0.15, 0.2) is 0 Å². The van der Waals surface area contributed by atoms with E-state index >= 15 is 0 Å². The minimum absolute atomic E-state index is 0.0998. The first-order valence-corrected chi connectivity index (χ1v) is 8.37. The summed E-state index contributed by atoms with van der Waals surface area (Å²) in [4.78, 5) is 25.4. The first-order chi connectivity index (χ1) is 9.15. The predicted octanol–water partition coefficient (Wildman–Crippen LogP) is 0.281. The number of hydrogen-bond donors (Lipinski definition) is 0. The minimum Gasteiger partial charge on any atom is -0.335 e. The highest BCUT2D eigenvalue weighted by molar-refractivity contribution is 7.90. The van der Waals surface area contributed by atoms with E-state index in [2.05, 4.69) is 0 Å². The Hall–Kier alpha value is -1.63. The second kappa shape index (κ2) is 6.21. The fourth-order valence-electron chi connectivity index (χ4n) is 2.03. The average Bonchev–Trinajstić information content (AvgIpc) is 2.31. The maximum absolute atomic E-state index is 12.3. The Morgan fingerprint density at radius 2 is 2.05 bits per heavy atom. The Kier molecular flexibility index (Phi) is 5.10. The van der Waals surface area contributed by atoms with Crippen molar-refractivity contribution in [2.24, 2.45) is 7.05 Å². The molecular weight excluding hydrogens is 280 g/mol. The molecule has 1 atom stereocenters. The number of hydrogen-bond acceptors (Lipinski definition) is 4. The van der Waals surface area contributed by atoms with E-state index in [4.69, 9.17) is 0 Å². The lowest BCUT2D eigenvalue weighted by molar-refractivity contribution is 0.0719. The fraction of sp³-hybridized carbons (Fsp3) is 0.538. The molecule has 0 unspecified atom stereocenters. The normalized spacial score (nSPS) is 13.0. The van der Waals surface area contributed by atoms with Crippen LogP contribution in [0.3, 0.4) is 0 Å². The molecule has 0 saturated carbocycles. The van der Waals surface area contributed by atoms with Crippen molar-refractivity contribution in [3.05, 3.63) is 34.2 Å². The van der Waals surface area contributed by atoms with E-state index in [0.717, 1.165) is 6.26 Å². The summed E-state index contributed by atoms with van der Waals surface area (Å²) in [5.74, 6) is -0.432. The molecule has 112 valence electrons. The summed E-state index contributed by atoms with van der Waals surface area (Å²) in [6, 6.07) is 2.38. The number of pyridine rings is 1. The summed E-state index contributed by atoms with van der Waals surface area (Å²) in [6.45, 7) is 3.84. The zero-order valence-electron chi connectivity index (χ0n) is 12.2. The Bertz CT molecular complexity index is 649. The summed E-state index contributed by atoms with van der Waals surface area (Å²) < 4.78 is 24.0. The predicted molar refractivity (Wildman–Crippen MR) is 77.6 cm³/mol. The van der Waals surface area contributed by atoms with Gasteiger partial charge in [0.25, 0.3) is 11.5 Å². The van der Waals surface area contributed by atoms with E-state index in [1.807, 2.05) is 0 Å². The van der Waals surface area contributed by atoms with Gasteiger partial charge in [-0.2, -0.15) is 0 Å². The van der Waals surface area contributed by atoms with E-state index in [-0.39, 0.29) is 22.8 Å². The summed E-state index contributed by atoms with van der Waals surface area (Å²) >= 11 is 0. The molecule has 7 heteroatoms. The second-order valence-corrected chi connectivity index (χ2v) is 7.08. The van der Waals surface area contributed by atoms with Gasteiger partial charge in [0.2, 0.25) is 0 Å². The third-order valence-corrected chi connectivity index (χ3v) is 4.12. The molecule has 1 amide bonds. The van der Waals surface area contributed by atoms with Crippen LogP contribution < -0.4 is 5.56 Å². The number of rotatable bonds is 5. The zero-order valence-corrected chi connectivity index (χ0v) is 13.0. The monoisotopic (exact) mass is 300 g/mol. The Labute approximate surface area is 118 Å². The van der Waals surface area contributed by atoms with Crippen LogP contribution in [0.4, 0.5) is 0 Å². The SMILES string of the molecule is CCN(C(=O)c1ccn(C)c(=O)c1)[C@@H](C)CS(C)(=O)=O. The lowest BCUT2D eigenvalue weighted by atomic mass is 10.2. The average molecular weight is 300 g/mol. The molecule has 1 heterocycles. The summed E-state index contributed by atoms with van der Waals surface area (Å²) in [5, 5.41) is 0. The van der Waals surface area contributed by atoms with Crippen LogP contribution in [0.2, 0.25) is 0 Å². The van der Waals surface area contributed by atoms with Crippen LogP contribution in [-0.2, 0) is 16.9 Å². The van der Waals surface area contributed by atoms with Crippen LogP contribution in [0.15, 0.2) is 23.1 Å². The van der Waals surface area contributed by atoms with Gasteiger partial charge in [-0.05, 0) is 19.9 Å². The Balaban J connectivity index is 3.02. The quantitative estimate of drug-likeness (QED) is 0.782. The third-order valence-electron chi connectivity index (χ3n) is 3.03. The second-order valence-electron chi connectivity index (χ2n) is 4.90. The van der Waals surface area contributed by atoms with Crippen LogP contribution in [-0.4, -0.2) is 48.4 Å². The highest BCUT2D eigenvalue weighted by atomic mass is 32.2. The van der Waals surface area contributed by atoms with Gasteiger partial charge in [-0.1, -0.05) is 0 Å². The van der Waals surface area contributed by atoms with Crippen molar-refractivity contribution in [2.45, 2.75) is 19.9 Å². The van der Waals surface area contributed by atoms with Crippen LogP contribution in [0, 0.1) is 0 Å². The number of carbonyl (C=O) groups excluding carboxylic acids is 1. The third kappa shape index (κ3) is 4.19. The molecule has 1 aromatic heterocycles. The molecule has 0 fully saturated rings. The van der Waals surface area contributed by atoms with Crippen molar-refractivity contribution in [1.29, 1.82) is 0 Å². The number of nitrogens with zero attached hydrogens (tertiary/aromatic N) is 2. The van der Waals surface area contributed by atoms with Crippen LogP contribution in [0.5, 0.6) is 0 Å². The zero-order chi connectivity index (χ0) is 15.5. The Morgan fingerprint density at radius 3 is 2.50 bits per heavy atom. The number of carbonyl (C=O) groups is 1. The maximum atomic E-state index is 12.3. The molecule has 0 radical (unpaired) electrons. The first kappa shape index (κ1) is 16.4. The molecule has 0 aliphatic carbocycles. The molecule has 0 spiro atoms. The first-order valence-electron chi connectivity index (χ1n) is 6.31. The van der Waals surface area contributed by atoms with Gasteiger partial charge in [0.05, 0.1) is 5.75 Å². The van der Waals surface area contributed by atoms with E-state index < -0.39 is 15.9 Å². The van der Waals surface area contributed by atoms with E-state index in [9.17, 15) is 18.0 Å². The van der Waals surface area contributed by atoms with Gasteiger partial charge in [-0.3, -0.25) is 9.59 Å². The fourth-order valence-corrected chi connectivity index (χ4v) is 3.09. The van der Waals surface area contributed by atoms with Crippen molar-refractivity contribution in [3.63, 3.8) is 0 Å². The number of aryl methyl sites for hydroxylation is 1. The number of amides is 1. The minimum atomic E-state index is -3.17. The molecule has 0 bridgehead atoms. The molecule has 0 saturated heterocycles. The van der Waals surface area contributed by atoms with Gasteiger partial charge >= 0.3 is 0 Å². The summed E-state index contributed by atoms with van der Waals surface area (Å²) in [5.41, 5.74) is -0.00188. The van der Waals surface area contributed by atoms with E-state index in [1.165, 1.54) is 21.7 Å². The van der Waals surface area contributed by atoms with Gasteiger partial charge < -0.3 is 9.47 Å². The lowest BCUT2D eigenvalue weighted by Gasteiger charge is -2.27. The standard InChI is InChI=1S/C13H20N2O4S/c1-5-15(10(2)9-20(4,18)19)13(17)11-6-7-14(3)12(16)8-11/h6-8,10H,5,9H2,1-4H3/t10-/m0/s1. The maximum Gasteiger partial charge on any atom is 0.254 e. The molecule has 20 heavy (non-hydrogen) atoms. The largest absolute Gasteiger partial charge is 0.335 e. The molecule has 0 aliphatic heterocycles. The molecule has 0 N–H and O–H groups in total. The number of aromatic nitrogens is 1. The smallest absolute Gasteiger partial charge is 0.254 e. The topological polar surface area (TPSA) is 76.5 Å². The van der Waals surface area contributed by atoms with Crippen molar-refractivity contribution < 1.29 is 13.2 Å². The van der Waals surface area contributed by atoms with E-state index in [0.29, 0.717) is 6.54 Å². The van der Waals surface area contributed by atoms with E-state index in [1.54, 1.807) is 27.0 Å². The van der Waals surface area contributed by atoms with Crippen LogP contribution >= 0.6 is 0 Å². The molecule has 0 aliphatic rings. The van der Waals surface area contributed by atoms with Crippen molar-refractivity contribution in [1.82, 2.24) is 9.47 Å². The van der Waals surface area contributed by atoms with Crippen molar-refractivity contribution in [2.75, 3.05) is 18.6 Å². The number of sulfone groups is 1. The van der Waals surface area contributed by atoms with Gasteiger partial charge in [0, 0.05) is 43.7 Å². The van der Waals surface area contributed by atoms with Crippen molar-refractivity contribution >= 4 is 15.7 Å². The molecule has 1 rings (SSSR count). The van der Waals surface area contributed by atoms with Crippen LogP contribution in [0.25, 0.3) is 0 Å². The van der Waals surface area contributed by atoms with Gasteiger partial charge in [-0.25, -0.2) is 8.42 Å². The van der Waals surface area contributed by atoms with Gasteiger partial charge in [0.1, 0.15) is 9.84 Å². The molecule has 6 nitrogen and oxygen atoms in total. The molecule has 0 aromatic carbocycles. The van der Waals surface area contributed by atoms with Gasteiger partial charge in [-0.15, -0.1) is 0 Å². The molecular formula is C13H20N2O4S. The summed E-state index contributed by atoms with van der Waals surface area (Å²) in [6.07, 6.45) is 2.66. The van der Waals surface area contributed by atoms with Crippen molar-refractivity contribution in [3.8, 4) is 0 Å².